The summed E-state index contributed by atoms with van der Waals surface area (Å²) in [6, 6.07) is 7.88. The van der Waals surface area contributed by atoms with Crippen molar-refractivity contribution in [2.75, 3.05) is 30.0 Å². The summed E-state index contributed by atoms with van der Waals surface area (Å²) in [5, 5.41) is 13.9. The lowest BCUT2D eigenvalue weighted by Gasteiger charge is -2.10. The molecule has 0 atom stereocenters. The van der Waals surface area contributed by atoms with E-state index in [9.17, 15) is 9.18 Å². The first-order valence-corrected chi connectivity index (χ1v) is 8.52. The molecule has 0 unspecified atom stereocenters. The summed E-state index contributed by atoms with van der Waals surface area (Å²) in [6.45, 7) is 0.665. The highest BCUT2D eigenvalue weighted by atomic mass is 32.2. The van der Waals surface area contributed by atoms with Crippen molar-refractivity contribution in [3.8, 4) is 5.69 Å². The monoisotopic (exact) mass is 337 g/mol. The zero-order chi connectivity index (χ0) is 16.5. The number of nitrogens with zero attached hydrogens (tertiary/aromatic N) is 1. The summed E-state index contributed by atoms with van der Waals surface area (Å²) in [6.07, 6.45) is 4.44. The molecule has 0 aliphatic rings. The van der Waals surface area contributed by atoms with Crippen LogP contribution >= 0.6 is 11.8 Å². The van der Waals surface area contributed by atoms with Gasteiger partial charge < -0.3 is 20.3 Å². The third-order valence-corrected chi connectivity index (χ3v) is 4.15. The molecule has 5 nitrogen and oxygen atoms in total. The Bertz CT molecular complexity index is 620. The average Bonchev–Trinajstić information content (AvgIpc) is 3.07. The van der Waals surface area contributed by atoms with Crippen LogP contribution in [0.1, 0.15) is 6.42 Å². The van der Waals surface area contributed by atoms with Crippen LogP contribution in [-0.2, 0) is 0 Å². The highest BCUT2D eigenvalue weighted by Crippen LogP contribution is 2.19. The predicted octanol–water partition coefficient (Wildman–Crippen LogP) is 2.85. The van der Waals surface area contributed by atoms with E-state index in [1.165, 1.54) is 6.07 Å². The molecule has 0 bridgehead atoms. The minimum absolute atomic E-state index is 0.140. The number of rotatable bonds is 8. The van der Waals surface area contributed by atoms with E-state index >= 15 is 0 Å². The number of carbonyl (C=O) groups is 1. The molecule has 1 aromatic heterocycles. The van der Waals surface area contributed by atoms with Crippen LogP contribution in [0.5, 0.6) is 0 Å². The van der Waals surface area contributed by atoms with Gasteiger partial charge in [0.05, 0.1) is 5.69 Å². The number of aromatic nitrogens is 1. The number of anilines is 1. The topological polar surface area (TPSA) is 66.3 Å². The Morgan fingerprint density at radius 1 is 1.26 bits per heavy atom. The average molecular weight is 337 g/mol. The first kappa shape index (κ1) is 17.4. The van der Waals surface area contributed by atoms with Crippen LogP contribution in [0.25, 0.3) is 5.69 Å². The molecule has 0 saturated heterocycles. The molecular formula is C16H20FN3O2S. The van der Waals surface area contributed by atoms with Crippen molar-refractivity contribution in [1.29, 1.82) is 0 Å². The lowest BCUT2D eigenvalue weighted by Crippen LogP contribution is -2.31. The van der Waals surface area contributed by atoms with Gasteiger partial charge in [-0.05, 0) is 42.5 Å². The van der Waals surface area contributed by atoms with E-state index in [-0.39, 0.29) is 12.3 Å². The summed E-state index contributed by atoms with van der Waals surface area (Å²) >= 11 is 1.65. The smallest absolute Gasteiger partial charge is 0.319 e. The molecule has 0 spiro atoms. The first-order chi connectivity index (χ1) is 11.2. The maximum atomic E-state index is 13.8. The summed E-state index contributed by atoms with van der Waals surface area (Å²) in [5.41, 5.74) is 0.910. The van der Waals surface area contributed by atoms with E-state index in [1.54, 1.807) is 23.9 Å². The highest BCUT2D eigenvalue weighted by Gasteiger charge is 2.08. The number of hydrogen-bond acceptors (Lipinski definition) is 3. The Balaban J connectivity index is 1.84. The number of halogens is 1. The molecule has 23 heavy (non-hydrogen) atoms. The third kappa shape index (κ3) is 5.61. The Kier molecular flexibility index (Phi) is 6.96. The fourth-order valence-corrected chi connectivity index (χ4v) is 2.73. The number of benzene rings is 1. The molecule has 2 rings (SSSR count). The largest absolute Gasteiger partial charge is 0.396 e. The molecule has 0 saturated carbocycles. The number of urea groups is 1. The quantitative estimate of drug-likeness (QED) is 0.649. The lowest BCUT2D eigenvalue weighted by atomic mass is 10.2. The van der Waals surface area contributed by atoms with Crippen molar-refractivity contribution in [3.05, 3.63) is 48.5 Å². The number of amides is 2. The van der Waals surface area contributed by atoms with Crippen LogP contribution in [0.15, 0.2) is 42.7 Å². The number of aliphatic hydroxyl groups excluding tert-OH is 1. The maximum absolute atomic E-state index is 13.8. The van der Waals surface area contributed by atoms with Crippen molar-refractivity contribution >= 4 is 23.5 Å². The molecule has 2 amide bonds. The van der Waals surface area contributed by atoms with Gasteiger partial charge in [-0.25, -0.2) is 9.18 Å². The molecule has 1 aromatic carbocycles. The fraction of sp³-hybridized carbons (Fsp3) is 0.312. The van der Waals surface area contributed by atoms with Gasteiger partial charge in [-0.1, -0.05) is 0 Å². The van der Waals surface area contributed by atoms with Crippen molar-refractivity contribution < 1.29 is 14.3 Å². The second-order valence-corrected chi connectivity index (χ2v) is 6.05. The summed E-state index contributed by atoms with van der Waals surface area (Å²) in [4.78, 5) is 11.8. The van der Waals surface area contributed by atoms with Crippen molar-refractivity contribution in [1.82, 2.24) is 9.88 Å². The molecule has 0 fully saturated rings. The minimum Gasteiger partial charge on any atom is -0.396 e. The van der Waals surface area contributed by atoms with E-state index in [0.717, 1.165) is 23.6 Å². The van der Waals surface area contributed by atoms with Crippen LogP contribution in [0.2, 0.25) is 0 Å². The molecule has 7 heteroatoms. The number of aliphatic hydroxyl groups is 1. The molecule has 2 aromatic rings. The van der Waals surface area contributed by atoms with Crippen molar-refractivity contribution in [2.24, 2.45) is 0 Å². The Labute approximate surface area is 138 Å². The van der Waals surface area contributed by atoms with Gasteiger partial charge in [0, 0.05) is 37.0 Å². The fourth-order valence-electron chi connectivity index (χ4n) is 1.95. The van der Waals surface area contributed by atoms with Crippen LogP contribution in [0, 0.1) is 5.82 Å². The van der Waals surface area contributed by atoms with Gasteiger partial charge in [-0.2, -0.15) is 11.8 Å². The van der Waals surface area contributed by atoms with E-state index in [2.05, 4.69) is 10.6 Å². The van der Waals surface area contributed by atoms with Crippen LogP contribution in [-0.4, -0.2) is 40.4 Å². The van der Waals surface area contributed by atoms with Gasteiger partial charge in [0.2, 0.25) is 0 Å². The normalized spacial score (nSPS) is 10.5. The van der Waals surface area contributed by atoms with Gasteiger partial charge in [0.1, 0.15) is 5.82 Å². The second-order valence-electron chi connectivity index (χ2n) is 4.82. The predicted molar refractivity (Wildman–Crippen MR) is 91.8 cm³/mol. The van der Waals surface area contributed by atoms with Crippen molar-refractivity contribution in [3.63, 3.8) is 0 Å². The zero-order valence-electron chi connectivity index (χ0n) is 12.7. The third-order valence-electron chi connectivity index (χ3n) is 3.08. The van der Waals surface area contributed by atoms with Gasteiger partial charge in [0.25, 0.3) is 0 Å². The Morgan fingerprint density at radius 2 is 2.04 bits per heavy atom. The van der Waals surface area contributed by atoms with Crippen LogP contribution in [0.4, 0.5) is 14.9 Å². The molecule has 1 heterocycles. The lowest BCUT2D eigenvalue weighted by molar-refractivity contribution is 0.252. The second kappa shape index (κ2) is 9.22. The zero-order valence-corrected chi connectivity index (χ0v) is 13.5. The number of carbonyl (C=O) groups excluding carboxylic acids is 1. The Hall–Kier alpha value is -1.99. The van der Waals surface area contributed by atoms with Gasteiger partial charge in [-0.3, -0.25) is 0 Å². The number of thioether (sulfide) groups is 1. The first-order valence-electron chi connectivity index (χ1n) is 7.37. The SMILES string of the molecule is O=C(NCCSCCCO)Nc1cc(-n2cccc2)ccc1F. The van der Waals surface area contributed by atoms with E-state index in [0.29, 0.717) is 6.54 Å². The molecule has 124 valence electrons. The summed E-state index contributed by atoms with van der Waals surface area (Å²) in [7, 11) is 0. The molecular weight excluding hydrogens is 317 g/mol. The molecule has 0 aliphatic heterocycles. The molecule has 3 N–H and O–H groups in total. The summed E-state index contributed by atoms with van der Waals surface area (Å²) in [5.74, 6) is 1.13. The highest BCUT2D eigenvalue weighted by molar-refractivity contribution is 7.99. The molecule has 0 aliphatic carbocycles. The van der Waals surface area contributed by atoms with Gasteiger partial charge in [-0.15, -0.1) is 0 Å². The van der Waals surface area contributed by atoms with Crippen LogP contribution in [0.3, 0.4) is 0 Å². The Morgan fingerprint density at radius 3 is 2.78 bits per heavy atom. The molecule has 0 radical (unpaired) electrons. The number of nitrogens with one attached hydrogen (secondary N) is 2. The van der Waals surface area contributed by atoms with Crippen molar-refractivity contribution in [2.45, 2.75) is 6.42 Å². The van der Waals surface area contributed by atoms with E-state index in [4.69, 9.17) is 5.11 Å². The van der Waals surface area contributed by atoms with Gasteiger partial charge in [0.15, 0.2) is 0 Å². The van der Waals surface area contributed by atoms with Gasteiger partial charge >= 0.3 is 6.03 Å². The summed E-state index contributed by atoms with van der Waals surface area (Å²) < 4.78 is 15.7. The van der Waals surface area contributed by atoms with E-state index < -0.39 is 11.8 Å². The van der Waals surface area contributed by atoms with Crippen LogP contribution < -0.4 is 10.6 Å². The minimum atomic E-state index is -0.478. The van der Waals surface area contributed by atoms with E-state index in [1.807, 2.05) is 29.1 Å². The standard InChI is InChI=1S/C16H20FN3O2S/c17-14-5-4-13(20-7-1-2-8-20)12-15(14)19-16(22)18-6-11-23-10-3-9-21/h1-2,4-5,7-8,12,21H,3,6,9-11H2,(H2,18,19,22). The maximum Gasteiger partial charge on any atom is 0.319 e. The number of hydrogen-bond donors (Lipinski definition) is 3.